The fraction of sp³-hybridized carbons (Fsp3) is 0.800. The molecule has 0 radical (unpaired) electrons. The molecule has 0 bridgehead atoms. The number of aliphatic hydroxyl groups is 2. The van der Waals surface area contributed by atoms with E-state index >= 15 is 0 Å². The summed E-state index contributed by atoms with van der Waals surface area (Å²) in [5.41, 5.74) is 9.64. The van der Waals surface area contributed by atoms with Crippen molar-refractivity contribution in [3.63, 3.8) is 0 Å². The van der Waals surface area contributed by atoms with Crippen LogP contribution >= 0.6 is 15.2 Å². The Balaban J connectivity index is 0.00000133. The fourth-order valence-corrected chi connectivity index (χ4v) is 7.40. The zero-order valence-electron chi connectivity index (χ0n) is 35.9. The van der Waals surface area contributed by atoms with E-state index in [1.165, 1.54) is 117 Å². The maximum absolute atomic E-state index is 12.2. The number of nitrogens with zero attached hydrogens (tertiary/aromatic N) is 4. The van der Waals surface area contributed by atoms with Crippen molar-refractivity contribution in [3.8, 4) is 0 Å². The SMILES string of the molecule is C.CCCCCCCCCCCCCCCCOCCCOP(=O)(O)COC(CO)Cn1ccc(N)nc1=O.CCCCOP(=O)(O)CO[C@H](CO)Cn1ccc(N)nc1=O. The molecular formula is C40H78N6O13P2. The summed E-state index contributed by atoms with van der Waals surface area (Å²) in [5.74, 6) is 0.177. The highest BCUT2D eigenvalue weighted by atomic mass is 31.2. The second-order valence-corrected chi connectivity index (χ2v) is 18.2. The van der Waals surface area contributed by atoms with E-state index in [4.69, 9.17) is 34.7 Å². The Morgan fingerprint density at radius 3 is 1.33 bits per heavy atom. The van der Waals surface area contributed by atoms with Gasteiger partial charge in [-0.1, -0.05) is 111 Å². The molecule has 0 aliphatic carbocycles. The molecule has 2 rings (SSSR count). The topological polar surface area (TPSA) is 283 Å². The van der Waals surface area contributed by atoms with Gasteiger partial charge < -0.3 is 54.7 Å². The highest BCUT2D eigenvalue weighted by Gasteiger charge is 2.24. The van der Waals surface area contributed by atoms with E-state index in [-0.39, 0.29) is 45.4 Å². The number of ether oxygens (including phenoxy) is 3. The van der Waals surface area contributed by atoms with Crippen molar-refractivity contribution in [2.75, 3.05) is 63.8 Å². The molecule has 0 aromatic carbocycles. The molecule has 61 heavy (non-hydrogen) atoms. The standard InChI is InChI=1S/C27H52N3O7P.C12H22N3O6P.CH4/c1-2-3-4-5-6-7-8-9-10-11-12-13-14-15-19-35-20-16-21-37-38(33,34)24-36-25(23-31)22-30-18-17-26(28)29-27(30)32;1-2-3-6-21-22(18,19)9-20-10(8-16)7-15-5-4-11(13)14-12(15)17;/h17-18,25,31H,2-16,19-24H2,1H3,(H,33,34)(H2,28,29,32);4-5,10,16H,2-3,6-9H2,1H3,(H,18,19)(H2,13,14,17);1H4/t;10-;/m.0./s1. The monoisotopic (exact) mass is 913 g/mol. The Kier molecular flexibility index (Phi) is 34.4. The van der Waals surface area contributed by atoms with Crippen LogP contribution in [0, 0.1) is 0 Å². The summed E-state index contributed by atoms with van der Waals surface area (Å²) in [6.07, 6.45) is 20.5. The number of unbranched alkanes of at least 4 members (excludes halogenated alkanes) is 14. The van der Waals surface area contributed by atoms with Gasteiger partial charge >= 0.3 is 26.6 Å². The van der Waals surface area contributed by atoms with E-state index in [9.17, 15) is 38.7 Å². The lowest BCUT2D eigenvalue weighted by atomic mass is 10.0. The van der Waals surface area contributed by atoms with Crippen molar-refractivity contribution in [2.24, 2.45) is 0 Å². The number of anilines is 2. The van der Waals surface area contributed by atoms with Crippen LogP contribution in [0.5, 0.6) is 0 Å². The molecule has 2 heterocycles. The van der Waals surface area contributed by atoms with Crippen LogP contribution in [0.2, 0.25) is 0 Å². The molecule has 8 N–H and O–H groups in total. The molecule has 0 fully saturated rings. The molecule has 356 valence electrons. The van der Waals surface area contributed by atoms with Crippen molar-refractivity contribution >= 4 is 26.8 Å². The molecule has 0 saturated heterocycles. The second-order valence-electron chi connectivity index (χ2n) is 14.6. The van der Waals surface area contributed by atoms with E-state index < -0.39 is 64.7 Å². The number of nitrogen functional groups attached to an aromatic ring is 2. The van der Waals surface area contributed by atoms with Gasteiger partial charge in [0.15, 0.2) is 0 Å². The largest absolute Gasteiger partial charge is 0.394 e. The highest BCUT2D eigenvalue weighted by Crippen LogP contribution is 2.43. The molecule has 0 spiro atoms. The quantitative estimate of drug-likeness (QED) is 0.0335. The lowest BCUT2D eigenvalue weighted by Gasteiger charge is -2.19. The summed E-state index contributed by atoms with van der Waals surface area (Å²) in [6.45, 7) is 4.67. The molecule has 4 atom stereocenters. The van der Waals surface area contributed by atoms with Crippen LogP contribution in [0.25, 0.3) is 0 Å². The smallest absolute Gasteiger partial charge is 0.353 e. The van der Waals surface area contributed by atoms with E-state index in [2.05, 4.69) is 16.9 Å². The Morgan fingerprint density at radius 1 is 0.590 bits per heavy atom. The third kappa shape index (κ3) is 31.0. The van der Waals surface area contributed by atoms with E-state index in [1.54, 1.807) is 0 Å². The minimum Gasteiger partial charge on any atom is -0.394 e. The van der Waals surface area contributed by atoms with Crippen LogP contribution in [-0.2, 0) is 45.5 Å². The van der Waals surface area contributed by atoms with Crippen molar-refractivity contribution in [1.82, 2.24) is 19.1 Å². The first-order valence-corrected chi connectivity index (χ1v) is 24.9. The minimum absolute atomic E-state index is 0. The number of aromatic nitrogens is 4. The van der Waals surface area contributed by atoms with Gasteiger partial charge in [0.25, 0.3) is 0 Å². The van der Waals surface area contributed by atoms with Gasteiger partial charge in [0.2, 0.25) is 0 Å². The maximum atomic E-state index is 12.2. The molecule has 21 heteroatoms. The summed E-state index contributed by atoms with van der Waals surface area (Å²) in [5, 5.41) is 18.7. The third-order valence-electron chi connectivity index (χ3n) is 9.11. The summed E-state index contributed by atoms with van der Waals surface area (Å²) < 4.78 is 52.3. The number of aliphatic hydroxyl groups excluding tert-OH is 2. The number of hydrogen-bond acceptors (Lipinski definition) is 15. The number of nitrogens with two attached hydrogens (primary N) is 2. The summed E-state index contributed by atoms with van der Waals surface area (Å²) in [4.78, 5) is 50.0. The first-order valence-electron chi connectivity index (χ1n) is 21.4. The van der Waals surface area contributed by atoms with E-state index in [0.29, 0.717) is 26.1 Å². The van der Waals surface area contributed by atoms with Crippen molar-refractivity contribution < 1.29 is 52.4 Å². The Bertz CT molecular complexity index is 1600. The summed E-state index contributed by atoms with van der Waals surface area (Å²) in [7, 11) is -7.86. The van der Waals surface area contributed by atoms with Gasteiger partial charge in [0.1, 0.15) is 24.3 Å². The maximum Gasteiger partial charge on any atom is 0.353 e. The lowest BCUT2D eigenvalue weighted by Crippen LogP contribution is -2.32. The van der Waals surface area contributed by atoms with Gasteiger partial charge in [-0.3, -0.25) is 18.3 Å². The van der Waals surface area contributed by atoms with Crippen molar-refractivity contribution in [3.05, 3.63) is 45.5 Å². The number of hydrogen-bond donors (Lipinski definition) is 6. The minimum atomic E-state index is -3.99. The highest BCUT2D eigenvalue weighted by molar-refractivity contribution is 7.52. The predicted octanol–water partition coefficient (Wildman–Crippen LogP) is 6.05. The van der Waals surface area contributed by atoms with Crippen LogP contribution < -0.4 is 22.8 Å². The third-order valence-corrected chi connectivity index (χ3v) is 11.2. The zero-order valence-corrected chi connectivity index (χ0v) is 37.6. The molecule has 3 unspecified atom stereocenters. The van der Waals surface area contributed by atoms with Crippen LogP contribution in [0.1, 0.15) is 130 Å². The molecule has 2 aromatic rings. The van der Waals surface area contributed by atoms with Crippen LogP contribution in [0.3, 0.4) is 0 Å². The first kappa shape index (κ1) is 58.5. The van der Waals surface area contributed by atoms with Gasteiger partial charge in [-0.2, -0.15) is 9.97 Å². The van der Waals surface area contributed by atoms with Crippen molar-refractivity contribution in [2.45, 2.75) is 156 Å². The van der Waals surface area contributed by atoms with Gasteiger partial charge in [-0.15, -0.1) is 0 Å². The first-order chi connectivity index (χ1) is 28.8. The van der Waals surface area contributed by atoms with Gasteiger partial charge in [-0.05, 0) is 31.4 Å². The average Bonchev–Trinajstić information content (AvgIpc) is 3.20. The molecule has 19 nitrogen and oxygen atoms in total. The predicted molar refractivity (Wildman–Crippen MR) is 238 cm³/mol. The van der Waals surface area contributed by atoms with Crippen LogP contribution in [-0.4, -0.2) is 104 Å². The lowest BCUT2D eigenvalue weighted by molar-refractivity contribution is 0.0162. The molecule has 0 amide bonds. The van der Waals surface area contributed by atoms with Gasteiger partial charge in [-0.25, -0.2) is 9.59 Å². The molecule has 2 aromatic heterocycles. The van der Waals surface area contributed by atoms with Gasteiger partial charge in [0.05, 0.1) is 51.7 Å². The molecule has 0 aliphatic heterocycles. The average molecular weight is 913 g/mol. The molecule has 0 aliphatic rings. The van der Waals surface area contributed by atoms with Crippen LogP contribution in [0.4, 0.5) is 11.6 Å². The summed E-state index contributed by atoms with van der Waals surface area (Å²) >= 11 is 0. The second kappa shape index (κ2) is 35.9. The normalized spacial score (nSPS) is 14.3. The summed E-state index contributed by atoms with van der Waals surface area (Å²) in [6, 6.07) is 2.87. The van der Waals surface area contributed by atoms with Crippen LogP contribution in [0.15, 0.2) is 34.1 Å². The zero-order chi connectivity index (χ0) is 44.5. The van der Waals surface area contributed by atoms with Gasteiger partial charge in [0, 0.05) is 25.6 Å². The van der Waals surface area contributed by atoms with Crippen molar-refractivity contribution in [1.29, 1.82) is 0 Å². The number of rotatable bonds is 36. The Hall–Kier alpha value is -2.54. The fourth-order valence-electron chi connectivity index (χ4n) is 5.62. The molecule has 0 saturated carbocycles. The Labute approximate surface area is 362 Å². The Morgan fingerprint density at radius 2 is 0.951 bits per heavy atom. The van der Waals surface area contributed by atoms with E-state index in [0.717, 1.165) is 12.8 Å². The molecular weight excluding hydrogens is 834 g/mol. The van der Waals surface area contributed by atoms with E-state index in [1.807, 2.05) is 6.92 Å².